The van der Waals surface area contributed by atoms with Crippen LogP contribution >= 0.6 is 11.3 Å². The number of alkyl carbamates (subject to hydrolysis) is 1. The summed E-state index contributed by atoms with van der Waals surface area (Å²) in [6, 6.07) is 6.96. The van der Waals surface area contributed by atoms with E-state index in [1.54, 1.807) is 18.2 Å². The number of thiophene rings is 1. The number of furan rings is 1. The summed E-state index contributed by atoms with van der Waals surface area (Å²) >= 11 is 1.39. The van der Waals surface area contributed by atoms with Gasteiger partial charge in [-0.25, -0.2) is 4.79 Å². The molecule has 0 spiro atoms. The summed E-state index contributed by atoms with van der Waals surface area (Å²) < 4.78 is 9.74. The molecule has 0 aliphatic heterocycles. The average Bonchev–Trinajstić information content (AvgIpc) is 3.06. The van der Waals surface area contributed by atoms with Crippen molar-refractivity contribution >= 4 is 17.4 Å². The van der Waals surface area contributed by atoms with E-state index in [0.29, 0.717) is 10.6 Å². The van der Waals surface area contributed by atoms with E-state index in [4.69, 9.17) is 4.42 Å². The maximum atomic E-state index is 11.1. The van der Waals surface area contributed by atoms with Crippen LogP contribution in [0.3, 0.4) is 0 Å². The maximum Gasteiger partial charge on any atom is 0.406 e. The molecule has 0 bridgehead atoms. The van der Waals surface area contributed by atoms with Gasteiger partial charge in [0, 0.05) is 4.88 Å². The monoisotopic (exact) mass is 267 g/mol. The molecule has 2 aromatic heterocycles. The molecule has 18 heavy (non-hydrogen) atoms. The largest absolute Gasteiger partial charge is 0.466 e. The molecule has 0 aromatic carbocycles. The van der Waals surface area contributed by atoms with Crippen LogP contribution < -0.4 is 5.32 Å². The van der Waals surface area contributed by atoms with Crippen LogP contribution in [0.15, 0.2) is 40.3 Å². The third kappa shape index (κ3) is 2.39. The van der Waals surface area contributed by atoms with Gasteiger partial charge in [0.25, 0.3) is 0 Å². The smallest absolute Gasteiger partial charge is 0.406 e. The van der Waals surface area contributed by atoms with E-state index in [9.17, 15) is 9.90 Å². The lowest BCUT2D eigenvalue weighted by molar-refractivity contribution is 0.0584. The van der Waals surface area contributed by atoms with Crippen LogP contribution in [0.2, 0.25) is 0 Å². The van der Waals surface area contributed by atoms with Gasteiger partial charge in [-0.1, -0.05) is 6.07 Å². The predicted molar refractivity (Wildman–Crippen MR) is 66.4 cm³/mol. The minimum Gasteiger partial charge on any atom is -0.466 e. The highest BCUT2D eigenvalue weighted by Crippen LogP contribution is 2.32. The molecule has 0 aliphatic rings. The number of nitrogens with one attached hydrogen (secondary N) is 1. The lowest BCUT2D eigenvalue weighted by Gasteiger charge is -2.24. The lowest BCUT2D eigenvalue weighted by Crippen LogP contribution is -2.40. The summed E-state index contributed by atoms with van der Waals surface area (Å²) in [4.78, 5) is 11.8. The second-order valence-electron chi connectivity index (χ2n) is 3.66. The number of amides is 1. The molecule has 2 heterocycles. The number of carbonyl (C=O) groups is 1. The van der Waals surface area contributed by atoms with Crippen molar-refractivity contribution in [2.75, 3.05) is 13.7 Å². The molecular formula is C12H13NO4S. The van der Waals surface area contributed by atoms with Crippen LogP contribution in [0.25, 0.3) is 0 Å². The summed E-state index contributed by atoms with van der Waals surface area (Å²) in [5.74, 6) is 0.376. The van der Waals surface area contributed by atoms with Crippen LogP contribution in [0.4, 0.5) is 4.79 Å². The predicted octanol–water partition coefficient (Wildman–Crippen LogP) is 1.93. The molecule has 0 aliphatic carbocycles. The van der Waals surface area contributed by atoms with Crippen molar-refractivity contribution < 1.29 is 19.1 Å². The van der Waals surface area contributed by atoms with Crippen molar-refractivity contribution in [2.24, 2.45) is 0 Å². The van der Waals surface area contributed by atoms with Crippen molar-refractivity contribution in [3.63, 3.8) is 0 Å². The summed E-state index contributed by atoms with van der Waals surface area (Å²) in [6.07, 6.45) is 0.878. The zero-order chi connectivity index (χ0) is 13.0. The minimum atomic E-state index is -1.38. The standard InChI is InChI=1S/C12H13NO4S/c1-16-11(14)13-8-12(15,9-4-2-6-17-9)10-5-3-7-18-10/h2-7,15H,8H2,1H3,(H,13,14). The van der Waals surface area contributed by atoms with Crippen molar-refractivity contribution in [3.05, 3.63) is 46.5 Å². The van der Waals surface area contributed by atoms with Crippen molar-refractivity contribution in [3.8, 4) is 0 Å². The highest BCUT2D eigenvalue weighted by atomic mass is 32.1. The molecule has 1 amide bonds. The van der Waals surface area contributed by atoms with Gasteiger partial charge < -0.3 is 19.6 Å². The normalized spacial score (nSPS) is 13.9. The first-order valence-electron chi connectivity index (χ1n) is 5.29. The van der Waals surface area contributed by atoms with Gasteiger partial charge in [-0.05, 0) is 23.6 Å². The topological polar surface area (TPSA) is 71.7 Å². The molecule has 1 unspecified atom stereocenters. The van der Waals surface area contributed by atoms with E-state index >= 15 is 0 Å². The van der Waals surface area contributed by atoms with Gasteiger partial charge in [-0.15, -0.1) is 11.3 Å². The number of methoxy groups -OCH3 is 1. The Hall–Kier alpha value is -1.79. The number of hydrogen-bond acceptors (Lipinski definition) is 5. The number of rotatable bonds is 4. The number of hydrogen-bond donors (Lipinski definition) is 2. The van der Waals surface area contributed by atoms with Crippen LogP contribution in [0, 0.1) is 0 Å². The lowest BCUT2D eigenvalue weighted by atomic mass is 9.99. The van der Waals surface area contributed by atoms with Crippen molar-refractivity contribution in [1.82, 2.24) is 5.32 Å². The second kappa shape index (κ2) is 5.24. The summed E-state index contributed by atoms with van der Waals surface area (Å²) in [5, 5.41) is 15.1. The molecule has 2 aromatic rings. The third-order valence-electron chi connectivity index (χ3n) is 2.53. The van der Waals surface area contributed by atoms with Gasteiger partial charge >= 0.3 is 6.09 Å². The average molecular weight is 267 g/mol. The first kappa shape index (κ1) is 12.7. The second-order valence-corrected chi connectivity index (χ2v) is 4.61. The molecule has 0 saturated heterocycles. The zero-order valence-electron chi connectivity index (χ0n) is 9.75. The Morgan fingerprint density at radius 3 is 2.94 bits per heavy atom. The first-order valence-corrected chi connectivity index (χ1v) is 6.17. The van der Waals surface area contributed by atoms with Gasteiger partial charge in [0.1, 0.15) is 5.76 Å². The fraction of sp³-hybridized carbons (Fsp3) is 0.250. The van der Waals surface area contributed by atoms with Gasteiger partial charge in [-0.3, -0.25) is 0 Å². The first-order chi connectivity index (χ1) is 8.66. The SMILES string of the molecule is COC(=O)NCC(O)(c1ccco1)c1cccs1. The van der Waals surface area contributed by atoms with E-state index in [1.165, 1.54) is 24.7 Å². The summed E-state index contributed by atoms with van der Waals surface area (Å²) in [7, 11) is 1.27. The maximum absolute atomic E-state index is 11.1. The fourth-order valence-corrected chi connectivity index (χ4v) is 2.42. The molecule has 2 N–H and O–H groups in total. The van der Waals surface area contributed by atoms with E-state index in [0.717, 1.165) is 0 Å². The molecule has 0 radical (unpaired) electrons. The molecule has 6 heteroatoms. The Kier molecular flexibility index (Phi) is 3.69. The Labute approximate surface area is 108 Å². The number of ether oxygens (including phenoxy) is 1. The minimum absolute atomic E-state index is 0.0201. The number of carbonyl (C=O) groups excluding carboxylic acids is 1. The quantitative estimate of drug-likeness (QED) is 0.888. The van der Waals surface area contributed by atoms with Crippen molar-refractivity contribution in [1.29, 1.82) is 0 Å². The molecule has 0 saturated carbocycles. The third-order valence-corrected chi connectivity index (χ3v) is 3.55. The van der Waals surface area contributed by atoms with E-state index in [2.05, 4.69) is 10.1 Å². The molecule has 5 nitrogen and oxygen atoms in total. The molecule has 0 fully saturated rings. The highest BCUT2D eigenvalue weighted by Gasteiger charge is 2.36. The molecule has 96 valence electrons. The van der Waals surface area contributed by atoms with Gasteiger partial charge in [0.05, 0.1) is 19.9 Å². The van der Waals surface area contributed by atoms with Gasteiger partial charge in [-0.2, -0.15) is 0 Å². The molecular weight excluding hydrogens is 254 g/mol. The van der Waals surface area contributed by atoms with Crippen LogP contribution in [0.5, 0.6) is 0 Å². The van der Waals surface area contributed by atoms with E-state index < -0.39 is 11.7 Å². The summed E-state index contributed by atoms with van der Waals surface area (Å²) in [6.45, 7) is -0.0201. The van der Waals surface area contributed by atoms with E-state index in [1.807, 2.05) is 11.4 Å². The molecule has 2 rings (SSSR count). The Morgan fingerprint density at radius 1 is 1.56 bits per heavy atom. The Morgan fingerprint density at radius 2 is 2.39 bits per heavy atom. The van der Waals surface area contributed by atoms with Crippen LogP contribution in [-0.2, 0) is 10.3 Å². The van der Waals surface area contributed by atoms with Crippen LogP contribution in [-0.4, -0.2) is 24.9 Å². The van der Waals surface area contributed by atoms with E-state index in [-0.39, 0.29) is 6.54 Å². The molecule has 1 atom stereocenters. The highest BCUT2D eigenvalue weighted by molar-refractivity contribution is 7.10. The van der Waals surface area contributed by atoms with Gasteiger partial charge in [0.15, 0.2) is 5.60 Å². The number of aliphatic hydroxyl groups is 1. The Bertz CT molecular complexity index is 458. The van der Waals surface area contributed by atoms with Crippen LogP contribution in [0.1, 0.15) is 10.6 Å². The van der Waals surface area contributed by atoms with Crippen molar-refractivity contribution in [2.45, 2.75) is 5.60 Å². The zero-order valence-corrected chi connectivity index (χ0v) is 10.6. The van der Waals surface area contributed by atoms with Gasteiger partial charge in [0.2, 0.25) is 0 Å². The fourth-order valence-electron chi connectivity index (χ4n) is 1.60. The summed E-state index contributed by atoms with van der Waals surface area (Å²) in [5.41, 5.74) is -1.38. The Balaban J connectivity index is 2.26.